The molecule has 0 amide bonds. The Labute approximate surface area is 393 Å². The van der Waals surface area contributed by atoms with Gasteiger partial charge in [-0.3, -0.25) is 14.4 Å². The Morgan fingerprint density at radius 1 is 0.302 bits per heavy atom. The summed E-state index contributed by atoms with van der Waals surface area (Å²) in [5, 5.41) is 0. The Kier molecular flexibility index (Phi) is 48.6. The molecule has 0 aliphatic heterocycles. The van der Waals surface area contributed by atoms with Crippen LogP contribution in [0.4, 0.5) is 0 Å². The second kappa shape index (κ2) is 49.8. The van der Waals surface area contributed by atoms with Gasteiger partial charge in [-0.25, -0.2) is 0 Å². The number of rotatable bonds is 51. The Hall–Kier alpha value is -1.59. The van der Waals surface area contributed by atoms with Crippen LogP contribution in [0.5, 0.6) is 0 Å². The van der Waals surface area contributed by atoms with Gasteiger partial charge in [-0.1, -0.05) is 279 Å². The molecule has 6 heteroatoms. The zero-order valence-corrected chi connectivity index (χ0v) is 43.2. The third kappa shape index (κ3) is 51.3. The van der Waals surface area contributed by atoms with Crippen molar-refractivity contribution in [1.29, 1.82) is 0 Å². The van der Waals surface area contributed by atoms with E-state index in [0.717, 1.165) is 69.6 Å². The van der Waals surface area contributed by atoms with Crippen molar-refractivity contribution in [2.75, 3.05) is 13.2 Å². The highest BCUT2D eigenvalue weighted by Gasteiger charge is 2.19. The van der Waals surface area contributed by atoms with Crippen molar-refractivity contribution in [2.24, 2.45) is 11.8 Å². The average Bonchev–Trinajstić information content (AvgIpc) is 3.25. The zero-order valence-electron chi connectivity index (χ0n) is 43.2. The van der Waals surface area contributed by atoms with E-state index in [-0.39, 0.29) is 31.1 Å². The minimum absolute atomic E-state index is 0.0629. The van der Waals surface area contributed by atoms with Gasteiger partial charge in [-0.15, -0.1) is 0 Å². The first-order chi connectivity index (χ1) is 30.7. The third-order valence-electron chi connectivity index (χ3n) is 13.0. The van der Waals surface area contributed by atoms with Crippen LogP contribution < -0.4 is 0 Å². The first kappa shape index (κ1) is 61.4. The minimum Gasteiger partial charge on any atom is -0.462 e. The van der Waals surface area contributed by atoms with E-state index in [0.29, 0.717) is 19.3 Å². The quantitative estimate of drug-likeness (QED) is 0.0344. The fraction of sp³-hybridized carbons (Fsp3) is 0.947. The predicted octanol–water partition coefficient (Wildman–Crippen LogP) is 18.5. The highest BCUT2D eigenvalue weighted by molar-refractivity contribution is 5.71. The Morgan fingerprint density at radius 3 is 0.778 bits per heavy atom. The van der Waals surface area contributed by atoms with E-state index in [4.69, 9.17) is 14.2 Å². The van der Waals surface area contributed by atoms with Crippen LogP contribution in [-0.4, -0.2) is 37.2 Å². The smallest absolute Gasteiger partial charge is 0.306 e. The molecule has 0 N–H and O–H groups in total. The highest BCUT2D eigenvalue weighted by Crippen LogP contribution is 2.18. The first-order valence-corrected chi connectivity index (χ1v) is 28.2. The average molecular weight is 892 g/mol. The maximum absolute atomic E-state index is 12.8. The van der Waals surface area contributed by atoms with Gasteiger partial charge in [-0.05, 0) is 31.1 Å². The molecule has 0 aliphatic carbocycles. The van der Waals surface area contributed by atoms with Crippen LogP contribution in [-0.2, 0) is 28.6 Å². The summed E-state index contributed by atoms with van der Waals surface area (Å²) in [4.78, 5) is 38.0. The number of ether oxygens (including phenoxy) is 3. The monoisotopic (exact) mass is 891 g/mol. The van der Waals surface area contributed by atoms with Crippen molar-refractivity contribution in [3.8, 4) is 0 Å². The van der Waals surface area contributed by atoms with Gasteiger partial charge in [0.05, 0.1) is 0 Å². The van der Waals surface area contributed by atoms with E-state index in [1.807, 2.05) is 0 Å². The standard InChI is InChI=1S/C57H110O6/c1-6-7-8-9-10-25-32-37-42-47-55(58)61-50-54(63-57(60)49-44-39-34-29-24-20-16-15-18-22-27-31-36-41-46-53(4)5)51-62-56(59)48-43-38-33-28-23-19-14-12-11-13-17-21-26-30-35-40-45-52(2)3/h52-54H,6-51H2,1-5H3/t54-/m0/s1. The van der Waals surface area contributed by atoms with E-state index in [1.54, 1.807) is 0 Å². The van der Waals surface area contributed by atoms with Crippen LogP contribution in [0, 0.1) is 11.8 Å². The van der Waals surface area contributed by atoms with Crippen LogP contribution in [0.2, 0.25) is 0 Å². The van der Waals surface area contributed by atoms with Crippen LogP contribution in [0.1, 0.15) is 317 Å². The summed E-state index contributed by atoms with van der Waals surface area (Å²) in [5.74, 6) is 0.853. The fourth-order valence-corrected chi connectivity index (χ4v) is 8.70. The molecule has 0 heterocycles. The molecule has 0 saturated heterocycles. The summed E-state index contributed by atoms with van der Waals surface area (Å²) in [6.45, 7) is 11.4. The SMILES string of the molecule is CCCCCCCCCCCC(=O)OC[C@@H](COC(=O)CCCCCCCCCCCCCCCCCCC(C)C)OC(=O)CCCCCCCCCCCCCCCCC(C)C. The van der Waals surface area contributed by atoms with Gasteiger partial charge in [0.2, 0.25) is 0 Å². The first-order valence-electron chi connectivity index (χ1n) is 28.2. The normalized spacial score (nSPS) is 12.0. The molecule has 0 aromatic rings. The van der Waals surface area contributed by atoms with Gasteiger partial charge in [0.25, 0.3) is 0 Å². The molecule has 63 heavy (non-hydrogen) atoms. The summed E-state index contributed by atoms with van der Waals surface area (Å²) >= 11 is 0. The number of unbranched alkanes of at least 4 members (excludes halogenated alkanes) is 36. The fourth-order valence-electron chi connectivity index (χ4n) is 8.70. The van der Waals surface area contributed by atoms with Crippen LogP contribution in [0.3, 0.4) is 0 Å². The predicted molar refractivity (Wildman–Crippen MR) is 270 cm³/mol. The van der Waals surface area contributed by atoms with Gasteiger partial charge < -0.3 is 14.2 Å². The van der Waals surface area contributed by atoms with Crippen molar-refractivity contribution in [3.63, 3.8) is 0 Å². The van der Waals surface area contributed by atoms with E-state index >= 15 is 0 Å². The molecule has 0 rings (SSSR count). The highest BCUT2D eigenvalue weighted by atomic mass is 16.6. The Morgan fingerprint density at radius 2 is 0.524 bits per heavy atom. The summed E-state index contributed by atoms with van der Waals surface area (Å²) in [5.41, 5.74) is 0. The van der Waals surface area contributed by atoms with E-state index < -0.39 is 6.10 Å². The number of carbonyl (C=O) groups excluding carboxylic acids is 3. The second-order valence-corrected chi connectivity index (χ2v) is 20.5. The molecule has 0 fully saturated rings. The molecule has 0 unspecified atom stereocenters. The van der Waals surface area contributed by atoms with Crippen LogP contribution in [0.25, 0.3) is 0 Å². The van der Waals surface area contributed by atoms with Crippen LogP contribution in [0.15, 0.2) is 0 Å². The molecule has 6 nitrogen and oxygen atoms in total. The molecular formula is C57H110O6. The molecule has 0 spiro atoms. The van der Waals surface area contributed by atoms with Gasteiger partial charge in [0.15, 0.2) is 6.10 Å². The second-order valence-electron chi connectivity index (χ2n) is 20.5. The lowest BCUT2D eigenvalue weighted by Gasteiger charge is -2.18. The largest absolute Gasteiger partial charge is 0.462 e. The van der Waals surface area contributed by atoms with Gasteiger partial charge in [0.1, 0.15) is 13.2 Å². The van der Waals surface area contributed by atoms with Gasteiger partial charge in [-0.2, -0.15) is 0 Å². The molecule has 1 atom stereocenters. The molecule has 0 radical (unpaired) electrons. The molecule has 374 valence electrons. The number of esters is 3. The molecule has 0 bridgehead atoms. The van der Waals surface area contributed by atoms with Crippen molar-refractivity contribution < 1.29 is 28.6 Å². The molecule has 0 aromatic carbocycles. The molecule has 0 aliphatic rings. The lowest BCUT2D eigenvalue weighted by Crippen LogP contribution is -2.30. The topological polar surface area (TPSA) is 78.9 Å². The third-order valence-corrected chi connectivity index (χ3v) is 13.0. The number of carbonyl (C=O) groups is 3. The number of hydrogen-bond acceptors (Lipinski definition) is 6. The Bertz CT molecular complexity index is 962. The summed E-state index contributed by atoms with van der Waals surface area (Å²) in [7, 11) is 0. The molecule has 0 saturated carbocycles. The molecular weight excluding hydrogens is 781 g/mol. The van der Waals surface area contributed by atoms with Crippen molar-refractivity contribution in [1.82, 2.24) is 0 Å². The maximum Gasteiger partial charge on any atom is 0.306 e. The summed E-state index contributed by atoms with van der Waals surface area (Å²) < 4.78 is 16.8. The maximum atomic E-state index is 12.8. The zero-order chi connectivity index (χ0) is 46.1. The van der Waals surface area contributed by atoms with Crippen molar-refractivity contribution >= 4 is 17.9 Å². The minimum atomic E-state index is -0.761. The lowest BCUT2D eigenvalue weighted by molar-refractivity contribution is -0.167. The van der Waals surface area contributed by atoms with E-state index in [1.165, 1.54) is 205 Å². The van der Waals surface area contributed by atoms with Gasteiger partial charge in [0, 0.05) is 19.3 Å². The van der Waals surface area contributed by atoms with E-state index in [2.05, 4.69) is 34.6 Å². The van der Waals surface area contributed by atoms with Crippen molar-refractivity contribution in [2.45, 2.75) is 323 Å². The summed E-state index contributed by atoms with van der Waals surface area (Å²) in [6.07, 6.45) is 52.4. The van der Waals surface area contributed by atoms with Gasteiger partial charge >= 0.3 is 17.9 Å². The molecule has 0 aromatic heterocycles. The number of hydrogen-bond donors (Lipinski definition) is 0. The van der Waals surface area contributed by atoms with E-state index in [9.17, 15) is 14.4 Å². The summed E-state index contributed by atoms with van der Waals surface area (Å²) in [6, 6.07) is 0. The van der Waals surface area contributed by atoms with Crippen LogP contribution >= 0.6 is 0 Å². The van der Waals surface area contributed by atoms with Crippen molar-refractivity contribution in [3.05, 3.63) is 0 Å². The Balaban J connectivity index is 4.21. The lowest BCUT2D eigenvalue weighted by atomic mass is 10.0.